The van der Waals surface area contributed by atoms with Gasteiger partial charge in [0.2, 0.25) is 0 Å². The molecule has 0 amide bonds. The molecule has 6 nitrogen and oxygen atoms in total. The van der Waals surface area contributed by atoms with Crippen molar-refractivity contribution in [2.24, 2.45) is 5.92 Å². The quantitative estimate of drug-likeness (QED) is 0.604. The van der Waals surface area contributed by atoms with Crippen LogP contribution < -0.4 is 5.32 Å². The first-order valence-corrected chi connectivity index (χ1v) is 7.51. The van der Waals surface area contributed by atoms with Crippen molar-refractivity contribution in [2.45, 2.75) is 46.5 Å². The van der Waals surface area contributed by atoms with Gasteiger partial charge in [0.15, 0.2) is 5.82 Å². The first-order chi connectivity index (χ1) is 10.0. The van der Waals surface area contributed by atoms with Crippen molar-refractivity contribution < 1.29 is 15.0 Å². The Morgan fingerprint density at radius 1 is 1.29 bits per heavy atom. The number of carboxylic acid groups (broad SMARTS) is 1. The van der Waals surface area contributed by atoms with Gasteiger partial charge in [0.05, 0.1) is 5.69 Å². The first-order valence-electron chi connectivity index (χ1n) is 7.51. The van der Waals surface area contributed by atoms with E-state index < -0.39 is 5.97 Å². The Labute approximate surface area is 125 Å². The standard InChI is InChI=1S/C15H25N3O3/c1-4-11-12(5-2)17-18-14(13(11)15(20)21)16-8-6-7-10(3)9-19/h10,19H,4-9H2,1-3H3,(H,16,18)(H,20,21). The molecule has 0 aliphatic heterocycles. The number of aromatic nitrogens is 2. The minimum atomic E-state index is -0.970. The van der Waals surface area contributed by atoms with Crippen LogP contribution in [0.25, 0.3) is 0 Å². The molecule has 1 rings (SSSR count). The molecule has 0 fully saturated rings. The number of rotatable bonds is 9. The summed E-state index contributed by atoms with van der Waals surface area (Å²) in [5.41, 5.74) is 1.74. The Hall–Kier alpha value is -1.69. The van der Waals surface area contributed by atoms with Crippen LogP contribution in [-0.2, 0) is 12.8 Å². The van der Waals surface area contributed by atoms with E-state index in [1.807, 2.05) is 20.8 Å². The minimum Gasteiger partial charge on any atom is -0.478 e. The van der Waals surface area contributed by atoms with E-state index >= 15 is 0 Å². The third kappa shape index (κ3) is 4.67. The number of aromatic carboxylic acids is 1. The van der Waals surface area contributed by atoms with Crippen molar-refractivity contribution >= 4 is 11.8 Å². The van der Waals surface area contributed by atoms with Gasteiger partial charge in [0.1, 0.15) is 5.56 Å². The average Bonchev–Trinajstić information content (AvgIpc) is 2.49. The summed E-state index contributed by atoms with van der Waals surface area (Å²) in [4.78, 5) is 11.5. The third-order valence-electron chi connectivity index (χ3n) is 3.54. The summed E-state index contributed by atoms with van der Waals surface area (Å²) < 4.78 is 0. The highest BCUT2D eigenvalue weighted by atomic mass is 16.4. The lowest BCUT2D eigenvalue weighted by molar-refractivity contribution is 0.0696. The lowest BCUT2D eigenvalue weighted by Crippen LogP contribution is -2.16. The molecule has 0 radical (unpaired) electrons. The summed E-state index contributed by atoms with van der Waals surface area (Å²) in [5, 5.41) is 29.6. The van der Waals surface area contributed by atoms with Gasteiger partial charge in [-0.05, 0) is 37.2 Å². The number of anilines is 1. The zero-order chi connectivity index (χ0) is 15.8. The molecule has 0 saturated heterocycles. The Morgan fingerprint density at radius 3 is 2.52 bits per heavy atom. The summed E-state index contributed by atoms with van der Waals surface area (Å²) >= 11 is 0. The van der Waals surface area contributed by atoms with Crippen molar-refractivity contribution in [1.29, 1.82) is 0 Å². The van der Waals surface area contributed by atoms with Crippen molar-refractivity contribution in [1.82, 2.24) is 10.2 Å². The molecular formula is C15H25N3O3. The SMILES string of the molecule is CCc1nnc(NCCCC(C)CO)c(C(=O)O)c1CC. The number of hydrogen-bond donors (Lipinski definition) is 3. The number of aliphatic hydroxyl groups excluding tert-OH is 1. The fourth-order valence-corrected chi connectivity index (χ4v) is 2.28. The molecule has 0 bridgehead atoms. The van der Waals surface area contributed by atoms with E-state index in [0.717, 1.165) is 24.1 Å². The predicted molar refractivity (Wildman–Crippen MR) is 81.7 cm³/mol. The molecule has 0 aromatic carbocycles. The van der Waals surface area contributed by atoms with Gasteiger partial charge in [-0.25, -0.2) is 4.79 Å². The van der Waals surface area contributed by atoms with E-state index in [4.69, 9.17) is 5.11 Å². The molecular weight excluding hydrogens is 270 g/mol. The average molecular weight is 295 g/mol. The number of nitrogens with one attached hydrogen (secondary N) is 1. The smallest absolute Gasteiger partial charge is 0.339 e. The molecule has 0 spiro atoms. The second-order valence-corrected chi connectivity index (χ2v) is 5.22. The fraction of sp³-hybridized carbons (Fsp3) is 0.667. The summed E-state index contributed by atoms with van der Waals surface area (Å²) in [6.45, 7) is 6.64. The zero-order valence-corrected chi connectivity index (χ0v) is 13.0. The van der Waals surface area contributed by atoms with Crippen LogP contribution in [0.3, 0.4) is 0 Å². The van der Waals surface area contributed by atoms with Crippen LogP contribution in [0.5, 0.6) is 0 Å². The van der Waals surface area contributed by atoms with Gasteiger partial charge in [-0.2, -0.15) is 5.10 Å². The molecule has 1 aromatic heterocycles. The Morgan fingerprint density at radius 2 is 2.00 bits per heavy atom. The first kappa shape index (κ1) is 17.4. The molecule has 1 unspecified atom stereocenters. The van der Waals surface area contributed by atoms with Crippen LogP contribution >= 0.6 is 0 Å². The van der Waals surface area contributed by atoms with Gasteiger partial charge in [0.25, 0.3) is 0 Å². The monoisotopic (exact) mass is 295 g/mol. The second-order valence-electron chi connectivity index (χ2n) is 5.22. The van der Waals surface area contributed by atoms with Crippen molar-refractivity contribution in [3.8, 4) is 0 Å². The van der Waals surface area contributed by atoms with Crippen LogP contribution in [0.4, 0.5) is 5.82 Å². The second kappa shape index (κ2) is 8.56. The molecule has 1 aromatic rings. The summed E-state index contributed by atoms with van der Waals surface area (Å²) in [7, 11) is 0. The van der Waals surface area contributed by atoms with Gasteiger partial charge in [-0.1, -0.05) is 20.8 Å². The molecule has 0 aliphatic carbocycles. The Bertz CT molecular complexity index is 477. The van der Waals surface area contributed by atoms with Crippen LogP contribution in [0.15, 0.2) is 0 Å². The Balaban J connectivity index is 2.84. The van der Waals surface area contributed by atoms with E-state index in [0.29, 0.717) is 25.2 Å². The zero-order valence-electron chi connectivity index (χ0n) is 13.0. The molecule has 0 saturated carbocycles. The third-order valence-corrected chi connectivity index (χ3v) is 3.54. The van der Waals surface area contributed by atoms with Gasteiger partial charge >= 0.3 is 5.97 Å². The normalized spacial score (nSPS) is 12.2. The van der Waals surface area contributed by atoms with E-state index in [9.17, 15) is 9.90 Å². The number of hydrogen-bond acceptors (Lipinski definition) is 5. The highest BCUT2D eigenvalue weighted by Gasteiger charge is 2.19. The number of aliphatic hydroxyl groups is 1. The highest BCUT2D eigenvalue weighted by Crippen LogP contribution is 2.21. The molecule has 1 heterocycles. The van der Waals surface area contributed by atoms with E-state index in [1.54, 1.807) is 0 Å². The number of nitrogens with zero attached hydrogens (tertiary/aromatic N) is 2. The van der Waals surface area contributed by atoms with Crippen LogP contribution in [-0.4, -0.2) is 39.5 Å². The van der Waals surface area contributed by atoms with Crippen LogP contribution in [0, 0.1) is 5.92 Å². The summed E-state index contributed by atoms with van der Waals surface area (Å²) in [6.07, 6.45) is 3.02. The lowest BCUT2D eigenvalue weighted by Gasteiger charge is -2.14. The topological polar surface area (TPSA) is 95.3 Å². The predicted octanol–water partition coefficient (Wildman–Crippen LogP) is 2.12. The van der Waals surface area contributed by atoms with Crippen LogP contribution in [0.2, 0.25) is 0 Å². The molecule has 3 N–H and O–H groups in total. The maximum Gasteiger partial charge on any atom is 0.339 e. The molecule has 118 valence electrons. The maximum atomic E-state index is 11.5. The lowest BCUT2D eigenvalue weighted by atomic mass is 10.0. The Kier molecular flexibility index (Phi) is 7.08. The van der Waals surface area contributed by atoms with E-state index in [-0.39, 0.29) is 18.1 Å². The largest absolute Gasteiger partial charge is 0.478 e. The molecule has 0 aliphatic rings. The van der Waals surface area contributed by atoms with Gasteiger partial charge in [0, 0.05) is 13.2 Å². The summed E-state index contributed by atoms with van der Waals surface area (Å²) in [5.74, 6) is -0.374. The van der Waals surface area contributed by atoms with E-state index in [2.05, 4.69) is 15.5 Å². The maximum absolute atomic E-state index is 11.5. The number of aryl methyl sites for hydroxylation is 1. The number of carbonyl (C=O) groups is 1. The van der Waals surface area contributed by atoms with E-state index in [1.165, 1.54) is 0 Å². The number of carboxylic acids is 1. The molecule has 21 heavy (non-hydrogen) atoms. The van der Waals surface area contributed by atoms with Crippen molar-refractivity contribution in [3.63, 3.8) is 0 Å². The minimum absolute atomic E-state index is 0.172. The summed E-state index contributed by atoms with van der Waals surface area (Å²) in [6, 6.07) is 0. The van der Waals surface area contributed by atoms with Crippen molar-refractivity contribution in [2.75, 3.05) is 18.5 Å². The van der Waals surface area contributed by atoms with Gasteiger partial charge < -0.3 is 15.5 Å². The molecule has 1 atom stereocenters. The molecule has 6 heteroatoms. The van der Waals surface area contributed by atoms with Gasteiger partial charge in [-0.3, -0.25) is 0 Å². The highest BCUT2D eigenvalue weighted by molar-refractivity contribution is 5.95. The van der Waals surface area contributed by atoms with Crippen LogP contribution in [0.1, 0.15) is 55.2 Å². The van der Waals surface area contributed by atoms with Gasteiger partial charge in [-0.15, -0.1) is 5.10 Å². The fourth-order valence-electron chi connectivity index (χ4n) is 2.28. The van der Waals surface area contributed by atoms with Crippen molar-refractivity contribution in [3.05, 3.63) is 16.8 Å².